The van der Waals surface area contributed by atoms with Gasteiger partial charge in [-0.3, -0.25) is 0 Å². The van der Waals surface area contributed by atoms with E-state index in [1.165, 1.54) is 38.3 Å². The lowest BCUT2D eigenvalue weighted by molar-refractivity contribution is 0.483. The van der Waals surface area contributed by atoms with Crippen molar-refractivity contribution in [2.24, 2.45) is 0 Å². The molecule has 0 amide bonds. The molecule has 0 bridgehead atoms. The van der Waals surface area contributed by atoms with Gasteiger partial charge in [-0.1, -0.05) is 126 Å². The van der Waals surface area contributed by atoms with Crippen LogP contribution in [0.25, 0.3) is 27.5 Å². The highest BCUT2D eigenvalue weighted by Crippen LogP contribution is 2.49. The van der Waals surface area contributed by atoms with Gasteiger partial charge >= 0.3 is 0 Å². The Balaban J connectivity index is 1.05. The fourth-order valence-electron chi connectivity index (χ4n) is 13.2. The molecule has 79 heavy (non-hydrogen) atoms. The van der Waals surface area contributed by atoms with Crippen LogP contribution in [-0.2, 0) is 10.8 Å². The highest BCUT2D eigenvalue weighted by Gasteiger charge is 2.48. The maximum Gasteiger partial charge on any atom is 0.256 e. The van der Waals surface area contributed by atoms with E-state index in [0.717, 1.165) is 95.8 Å². The third-order valence-electron chi connectivity index (χ3n) is 16.9. The van der Waals surface area contributed by atoms with E-state index < -0.39 is 0 Å². The highest BCUT2D eigenvalue weighted by atomic mass is 16.5. The van der Waals surface area contributed by atoms with Crippen molar-refractivity contribution in [2.75, 3.05) is 14.7 Å². The molecular weight excluding hydrogens is 962 g/mol. The van der Waals surface area contributed by atoms with E-state index >= 15 is 0 Å². The molecule has 374 valence electrons. The average Bonchev–Trinajstić information content (AvgIpc) is 2.69. The van der Waals surface area contributed by atoms with E-state index in [4.69, 9.17) is 4.74 Å². The van der Waals surface area contributed by atoms with Crippen molar-refractivity contribution in [1.82, 2.24) is 4.57 Å². The fourth-order valence-corrected chi connectivity index (χ4v) is 13.2. The quantitative estimate of drug-likeness (QED) is 0.164. The lowest BCUT2D eigenvalue weighted by Gasteiger charge is -2.46. The summed E-state index contributed by atoms with van der Waals surface area (Å²) in [5, 5.41) is 22.7. The maximum atomic E-state index is 10.1. The molecule has 4 aliphatic rings. The summed E-state index contributed by atoms with van der Waals surface area (Å²) >= 11 is 0. The number of para-hydroxylation sites is 4. The largest absolute Gasteiger partial charge is 0.458 e. The smallest absolute Gasteiger partial charge is 0.256 e. The standard InChI is InChI=1S/C70H52B2N6O/c1-69(2,3)45-34-62-67-63(35-45)77(49-30-26-44(42-74)27-31-49)61-40-65-56(72-53-20-12-15-23-59(53)75(47-16-8-7-9-17-47)64-36-46(70(4,5)6)37-66(79-65)68(64)72)39-55(61)71(67)54-33-32-50(38-60(54)76(62)48-28-24-43(41-73)25-29-48)78-57-21-13-10-18-51(57)52-19-11-14-22-58(52)78/h7-40H,1-6H3. The Morgan fingerprint density at radius 1 is 0.367 bits per heavy atom. The number of ether oxygens (including phenoxy) is 1. The van der Waals surface area contributed by atoms with Crippen molar-refractivity contribution in [3.8, 4) is 29.3 Å². The zero-order valence-corrected chi connectivity index (χ0v) is 44.9. The molecule has 1 aromatic heterocycles. The normalized spacial score (nSPS) is 13.6. The Bertz CT molecular complexity index is 4430. The van der Waals surface area contributed by atoms with Gasteiger partial charge in [0.15, 0.2) is 0 Å². The van der Waals surface area contributed by atoms with Crippen molar-refractivity contribution in [1.29, 1.82) is 10.5 Å². The average molecular weight is 1010 g/mol. The predicted molar refractivity (Wildman–Crippen MR) is 327 cm³/mol. The molecule has 4 aliphatic heterocycles. The number of hydrogen-bond donors (Lipinski definition) is 0. The molecule has 0 atom stereocenters. The van der Waals surface area contributed by atoms with E-state index in [0.29, 0.717) is 11.1 Å². The highest BCUT2D eigenvalue weighted by molar-refractivity contribution is 7.02. The topological polar surface area (TPSA) is 71.5 Å². The molecule has 0 aliphatic carbocycles. The first-order valence-electron chi connectivity index (χ1n) is 27.3. The first-order valence-corrected chi connectivity index (χ1v) is 27.3. The van der Waals surface area contributed by atoms with Gasteiger partial charge in [0.05, 0.1) is 34.3 Å². The number of nitriles is 2. The summed E-state index contributed by atoms with van der Waals surface area (Å²) in [4.78, 5) is 7.28. The third kappa shape index (κ3) is 6.92. The Labute approximate surface area is 461 Å². The second kappa shape index (κ2) is 16.9. The summed E-state index contributed by atoms with van der Waals surface area (Å²) in [5.41, 5.74) is 23.0. The van der Waals surface area contributed by atoms with E-state index in [9.17, 15) is 10.5 Å². The molecule has 0 saturated heterocycles. The molecule has 9 heteroatoms. The molecule has 10 aromatic carbocycles. The molecular formula is C70H52B2N6O. The molecule has 11 aromatic rings. The Kier molecular flexibility index (Phi) is 9.97. The van der Waals surface area contributed by atoms with Crippen LogP contribution in [0.4, 0.5) is 51.2 Å². The van der Waals surface area contributed by atoms with Gasteiger partial charge in [-0.05, 0) is 170 Å². The zero-order valence-electron chi connectivity index (χ0n) is 44.9. The fraction of sp³-hybridized carbons (Fsp3) is 0.114. The van der Waals surface area contributed by atoms with Crippen molar-refractivity contribution in [2.45, 2.75) is 52.4 Å². The molecule has 15 rings (SSSR count). The van der Waals surface area contributed by atoms with Gasteiger partial charge in [0.1, 0.15) is 11.5 Å². The summed E-state index contributed by atoms with van der Waals surface area (Å²) in [6.07, 6.45) is 0. The van der Waals surface area contributed by atoms with E-state index in [1.54, 1.807) is 0 Å². The van der Waals surface area contributed by atoms with Crippen LogP contribution in [-0.4, -0.2) is 18.0 Å². The summed E-state index contributed by atoms with van der Waals surface area (Å²) in [7, 11) is 0. The van der Waals surface area contributed by atoms with E-state index in [1.807, 2.05) is 24.3 Å². The number of aromatic nitrogens is 1. The molecule has 0 saturated carbocycles. The van der Waals surface area contributed by atoms with E-state index in [2.05, 4.69) is 255 Å². The van der Waals surface area contributed by atoms with Gasteiger partial charge in [0, 0.05) is 73.7 Å². The van der Waals surface area contributed by atoms with Gasteiger partial charge in [0.2, 0.25) is 0 Å². The third-order valence-corrected chi connectivity index (χ3v) is 16.9. The van der Waals surface area contributed by atoms with Crippen LogP contribution in [0.15, 0.2) is 206 Å². The number of fused-ring (bicyclic) bond motifs is 11. The zero-order chi connectivity index (χ0) is 53.6. The SMILES string of the molecule is CC(C)(C)c1cc2c3c(c1)N(c1ccccc1)c1ccccc1B3c1cc3c(cc1O2)N(c1ccc(C#N)cc1)c1cc(C(C)(C)C)cc2c1B3c1ccc(-n3c4ccccc4c4ccccc43)cc1N2c1ccc(C#N)cc1. The minimum absolute atomic E-state index is 0.146. The Morgan fingerprint density at radius 2 is 0.835 bits per heavy atom. The van der Waals surface area contributed by atoms with Crippen LogP contribution >= 0.6 is 0 Å². The Hall–Kier alpha value is -9.69. The summed E-state index contributed by atoms with van der Waals surface area (Å²) in [5.74, 6) is 1.69. The first-order chi connectivity index (χ1) is 38.4. The lowest BCUT2D eigenvalue weighted by atomic mass is 9.30. The summed E-state index contributed by atoms with van der Waals surface area (Å²) in [6.45, 7) is 13.3. The minimum atomic E-state index is -0.258. The van der Waals surface area contributed by atoms with Gasteiger partial charge in [0.25, 0.3) is 13.4 Å². The van der Waals surface area contributed by atoms with Crippen LogP contribution in [0.5, 0.6) is 11.5 Å². The number of rotatable bonds is 4. The monoisotopic (exact) mass is 1010 g/mol. The molecule has 5 heterocycles. The molecule has 0 spiro atoms. The van der Waals surface area contributed by atoms with Gasteiger partial charge in [-0.2, -0.15) is 10.5 Å². The molecule has 7 nitrogen and oxygen atoms in total. The van der Waals surface area contributed by atoms with Gasteiger partial charge in [-0.15, -0.1) is 0 Å². The van der Waals surface area contributed by atoms with Crippen molar-refractivity contribution < 1.29 is 4.74 Å². The van der Waals surface area contributed by atoms with Crippen LogP contribution in [0.2, 0.25) is 0 Å². The van der Waals surface area contributed by atoms with E-state index in [-0.39, 0.29) is 24.3 Å². The molecule has 0 N–H and O–H groups in total. The van der Waals surface area contributed by atoms with Gasteiger partial charge in [-0.25, -0.2) is 0 Å². The van der Waals surface area contributed by atoms with Crippen LogP contribution < -0.4 is 52.2 Å². The molecule has 0 fully saturated rings. The second-order valence-electron chi connectivity index (χ2n) is 23.6. The predicted octanol–water partition coefficient (Wildman–Crippen LogP) is 13.6. The first kappa shape index (κ1) is 46.6. The summed E-state index contributed by atoms with van der Waals surface area (Å²) < 4.78 is 9.88. The van der Waals surface area contributed by atoms with Crippen molar-refractivity contribution in [3.63, 3.8) is 0 Å². The minimum Gasteiger partial charge on any atom is -0.458 e. The Morgan fingerprint density at radius 3 is 1.43 bits per heavy atom. The van der Waals surface area contributed by atoms with Crippen molar-refractivity contribution in [3.05, 3.63) is 229 Å². The van der Waals surface area contributed by atoms with Crippen LogP contribution in [0, 0.1) is 22.7 Å². The number of anilines is 9. The number of nitrogens with zero attached hydrogens (tertiary/aromatic N) is 6. The number of hydrogen-bond acceptors (Lipinski definition) is 6. The number of benzene rings is 10. The molecule has 0 radical (unpaired) electrons. The lowest BCUT2D eigenvalue weighted by Crippen LogP contribution is -2.64. The van der Waals surface area contributed by atoms with Crippen LogP contribution in [0.3, 0.4) is 0 Å². The van der Waals surface area contributed by atoms with Gasteiger partial charge < -0.3 is 24.0 Å². The maximum absolute atomic E-state index is 10.1. The van der Waals surface area contributed by atoms with Crippen LogP contribution in [0.1, 0.15) is 63.8 Å². The molecule has 0 unspecified atom stereocenters. The summed E-state index contributed by atoms with van der Waals surface area (Å²) in [6, 6.07) is 79.2. The second-order valence-corrected chi connectivity index (χ2v) is 23.6. The van der Waals surface area contributed by atoms with Crippen molar-refractivity contribution >= 4 is 119 Å².